The number of rotatable bonds is 1. The highest BCUT2D eigenvalue weighted by atomic mass is 19.4. The maximum Gasteiger partial charge on any atom is 0.435 e. The molecule has 0 aliphatic carbocycles. The summed E-state index contributed by atoms with van der Waals surface area (Å²) in [5.74, 6) is 1.54. The van der Waals surface area contributed by atoms with Gasteiger partial charge in [0.15, 0.2) is 11.5 Å². The molecule has 110 valence electrons. The van der Waals surface area contributed by atoms with Gasteiger partial charge in [-0.1, -0.05) is 0 Å². The number of fused-ring (bicyclic) bond motifs is 1. The minimum atomic E-state index is -4.44. The number of anilines is 1. The number of nitrogens with zero attached hydrogens (tertiary/aromatic N) is 3. The van der Waals surface area contributed by atoms with Crippen LogP contribution in [0.15, 0.2) is 12.1 Å². The minimum Gasteiger partial charge on any atom is -0.349 e. The second-order valence-corrected chi connectivity index (χ2v) is 6.06. The van der Waals surface area contributed by atoms with E-state index in [0.29, 0.717) is 17.7 Å². The van der Waals surface area contributed by atoms with Crippen LogP contribution in [0.2, 0.25) is 0 Å². The van der Waals surface area contributed by atoms with Crippen LogP contribution in [0.1, 0.15) is 19.5 Å². The Labute approximate surface area is 115 Å². The molecule has 0 radical (unpaired) electrons. The summed E-state index contributed by atoms with van der Waals surface area (Å²) in [5, 5.41) is 10.5. The van der Waals surface area contributed by atoms with E-state index in [4.69, 9.17) is 0 Å². The second kappa shape index (κ2) is 4.31. The van der Waals surface area contributed by atoms with Crippen LogP contribution in [0.5, 0.6) is 0 Å². The fourth-order valence-electron chi connectivity index (χ4n) is 3.43. The molecule has 2 saturated heterocycles. The molecule has 0 saturated carbocycles. The Morgan fingerprint density at radius 1 is 1.25 bits per heavy atom. The molecule has 2 unspecified atom stereocenters. The predicted molar refractivity (Wildman–Crippen MR) is 68.3 cm³/mol. The first-order valence-corrected chi connectivity index (χ1v) is 6.69. The summed E-state index contributed by atoms with van der Waals surface area (Å²) in [5.41, 5.74) is -1.07. The van der Waals surface area contributed by atoms with Gasteiger partial charge < -0.3 is 10.2 Å². The van der Waals surface area contributed by atoms with Crippen molar-refractivity contribution in [3.8, 4) is 0 Å². The van der Waals surface area contributed by atoms with Gasteiger partial charge in [0.1, 0.15) is 0 Å². The molecule has 0 bridgehead atoms. The van der Waals surface area contributed by atoms with Gasteiger partial charge in [0, 0.05) is 25.2 Å². The Balaban J connectivity index is 1.87. The van der Waals surface area contributed by atoms with E-state index in [1.807, 2.05) is 0 Å². The molecule has 20 heavy (non-hydrogen) atoms. The van der Waals surface area contributed by atoms with E-state index in [1.165, 1.54) is 6.07 Å². The topological polar surface area (TPSA) is 41.0 Å². The fraction of sp³-hybridized carbons (Fsp3) is 0.692. The summed E-state index contributed by atoms with van der Waals surface area (Å²) in [4.78, 5) is 2.08. The minimum absolute atomic E-state index is 0.122. The van der Waals surface area contributed by atoms with Gasteiger partial charge in [-0.15, -0.1) is 10.2 Å². The maximum atomic E-state index is 12.5. The van der Waals surface area contributed by atoms with Crippen molar-refractivity contribution in [2.45, 2.75) is 25.6 Å². The third-order valence-corrected chi connectivity index (χ3v) is 4.58. The predicted octanol–water partition coefficient (Wildman–Crippen LogP) is 1.93. The summed E-state index contributed by atoms with van der Waals surface area (Å²) in [6, 6.07) is 2.43. The van der Waals surface area contributed by atoms with Crippen molar-refractivity contribution >= 4 is 5.82 Å². The van der Waals surface area contributed by atoms with E-state index in [9.17, 15) is 13.2 Å². The Hall–Kier alpha value is -1.37. The number of hydrogen-bond acceptors (Lipinski definition) is 4. The Bertz CT molecular complexity index is 497. The van der Waals surface area contributed by atoms with Crippen molar-refractivity contribution in [2.75, 3.05) is 24.5 Å². The molecule has 3 heterocycles. The van der Waals surface area contributed by atoms with Crippen LogP contribution in [0, 0.1) is 11.8 Å². The second-order valence-electron chi connectivity index (χ2n) is 6.06. The van der Waals surface area contributed by atoms with E-state index in [1.54, 1.807) is 0 Å². The largest absolute Gasteiger partial charge is 0.435 e. The average molecular weight is 286 g/mol. The number of hydrogen-bond donors (Lipinski definition) is 1. The lowest BCUT2D eigenvalue weighted by atomic mass is 9.85. The van der Waals surface area contributed by atoms with Crippen LogP contribution >= 0.6 is 0 Å². The Morgan fingerprint density at radius 3 is 2.55 bits per heavy atom. The van der Waals surface area contributed by atoms with Crippen LogP contribution in [0.4, 0.5) is 19.0 Å². The van der Waals surface area contributed by atoms with Crippen LogP contribution in [-0.4, -0.2) is 35.4 Å². The van der Waals surface area contributed by atoms with E-state index in [2.05, 4.69) is 34.3 Å². The fourth-order valence-corrected chi connectivity index (χ4v) is 3.43. The first-order chi connectivity index (χ1) is 9.30. The summed E-state index contributed by atoms with van der Waals surface area (Å²) in [6.45, 7) is 6.94. The molecular weight excluding hydrogens is 269 g/mol. The molecule has 2 atom stereocenters. The molecule has 2 aliphatic rings. The highest BCUT2D eigenvalue weighted by molar-refractivity contribution is 5.44. The van der Waals surface area contributed by atoms with Gasteiger partial charge in [-0.25, -0.2) is 0 Å². The molecule has 0 spiro atoms. The van der Waals surface area contributed by atoms with Crippen molar-refractivity contribution in [1.29, 1.82) is 0 Å². The summed E-state index contributed by atoms with van der Waals surface area (Å²) < 4.78 is 37.5. The monoisotopic (exact) mass is 286 g/mol. The quantitative estimate of drug-likeness (QED) is 0.856. The number of alkyl halides is 3. The molecule has 7 heteroatoms. The van der Waals surface area contributed by atoms with Gasteiger partial charge in [-0.2, -0.15) is 13.2 Å². The van der Waals surface area contributed by atoms with Crippen molar-refractivity contribution in [3.05, 3.63) is 17.8 Å². The Morgan fingerprint density at radius 2 is 2.00 bits per heavy atom. The number of aromatic nitrogens is 2. The van der Waals surface area contributed by atoms with Crippen LogP contribution in [0.25, 0.3) is 0 Å². The zero-order chi connectivity index (χ0) is 14.5. The zero-order valence-corrected chi connectivity index (χ0v) is 11.4. The lowest BCUT2D eigenvalue weighted by Gasteiger charge is -2.36. The normalized spacial score (nSPS) is 28.8. The lowest BCUT2D eigenvalue weighted by Crippen LogP contribution is -2.45. The van der Waals surface area contributed by atoms with Crippen molar-refractivity contribution in [1.82, 2.24) is 15.5 Å². The van der Waals surface area contributed by atoms with Crippen molar-refractivity contribution in [3.63, 3.8) is 0 Å². The van der Waals surface area contributed by atoms with Gasteiger partial charge in [-0.05, 0) is 37.8 Å². The third-order valence-electron chi connectivity index (χ3n) is 4.58. The standard InChI is InChI=1S/C13H17F3N4/c1-12(2)9-6-17-5-8(9)7-20(12)11-4-3-10(18-19-11)13(14,15)16/h3-4,8-9,17H,5-7H2,1-2H3. The molecule has 0 aromatic carbocycles. The van der Waals surface area contributed by atoms with Gasteiger partial charge in [0.25, 0.3) is 0 Å². The summed E-state index contributed by atoms with van der Waals surface area (Å²) >= 11 is 0. The molecule has 2 fully saturated rings. The smallest absolute Gasteiger partial charge is 0.349 e. The average Bonchev–Trinajstić information content (AvgIpc) is 2.91. The van der Waals surface area contributed by atoms with Crippen LogP contribution in [-0.2, 0) is 6.18 Å². The third kappa shape index (κ3) is 2.04. The molecule has 0 amide bonds. The van der Waals surface area contributed by atoms with Crippen molar-refractivity contribution < 1.29 is 13.2 Å². The molecule has 1 aromatic rings. The van der Waals surface area contributed by atoms with E-state index < -0.39 is 11.9 Å². The highest BCUT2D eigenvalue weighted by Crippen LogP contribution is 2.42. The summed E-state index contributed by atoms with van der Waals surface area (Å²) in [6.07, 6.45) is -4.44. The van der Waals surface area contributed by atoms with E-state index in [-0.39, 0.29) is 5.54 Å². The Kier molecular flexibility index (Phi) is 2.93. The van der Waals surface area contributed by atoms with Crippen LogP contribution in [0.3, 0.4) is 0 Å². The number of halogens is 3. The van der Waals surface area contributed by atoms with Gasteiger partial charge in [0.05, 0.1) is 0 Å². The lowest BCUT2D eigenvalue weighted by molar-refractivity contribution is -0.141. The molecule has 4 nitrogen and oxygen atoms in total. The van der Waals surface area contributed by atoms with Crippen molar-refractivity contribution in [2.24, 2.45) is 11.8 Å². The summed E-state index contributed by atoms with van der Waals surface area (Å²) in [7, 11) is 0. The molecule has 2 aliphatic heterocycles. The van der Waals surface area contributed by atoms with Gasteiger partial charge in [0.2, 0.25) is 0 Å². The molecular formula is C13H17F3N4. The first-order valence-electron chi connectivity index (χ1n) is 6.69. The molecule has 1 N–H and O–H groups in total. The highest BCUT2D eigenvalue weighted by Gasteiger charge is 2.50. The first kappa shape index (κ1) is 13.6. The van der Waals surface area contributed by atoms with E-state index in [0.717, 1.165) is 25.7 Å². The molecule has 3 rings (SSSR count). The number of nitrogens with one attached hydrogen (secondary N) is 1. The molecule has 1 aromatic heterocycles. The van der Waals surface area contributed by atoms with Crippen LogP contribution < -0.4 is 10.2 Å². The maximum absolute atomic E-state index is 12.5. The van der Waals surface area contributed by atoms with Gasteiger partial charge >= 0.3 is 6.18 Å². The van der Waals surface area contributed by atoms with Gasteiger partial charge in [-0.3, -0.25) is 0 Å². The zero-order valence-electron chi connectivity index (χ0n) is 11.4. The van der Waals surface area contributed by atoms with E-state index >= 15 is 0 Å². The SMILES string of the molecule is CC1(C)C2CNCC2CN1c1ccc(C(F)(F)F)nn1.